The second-order valence-electron chi connectivity index (χ2n) is 6.97. The van der Waals surface area contributed by atoms with Gasteiger partial charge in [-0.15, -0.1) is 0 Å². The molecule has 3 heterocycles. The lowest BCUT2D eigenvalue weighted by atomic mass is 10.0. The average molecular weight is 392 g/mol. The van der Waals surface area contributed by atoms with Crippen LogP contribution in [-0.2, 0) is 19.5 Å². The number of halogens is 1. The predicted molar refractivity (Wildman–Crippen MR) is 110 cm³/mol. The number of H-pyrrole nitrogens is 1. The molecule has 0 unspecified atom stereocenters. The van der Waals surface area contributed by atoms with E-state index < -0.39 is 0 Å². The minimum Gasteiger partial charge on any atom is -0.362 e. The van der Waals surface area contributed by atoms with Crippen molar-refractivity contribution in [2.45, 2.75) is 19.5 Å². The van der Waals surface area contributed by atoms with E-state index in [-0.39, 0.29) is 10.6 Å². The second kappa shape index (κ2) is 6.80. The van der Waals surface area contributed by atoms with Gasteiger partial charge in [0, 0.05) is 25.2 Å². The van der Waals surface area contributed by atoms with E-state index in [0.29, 0.717) is 12.2 Å². The molecule has 5 rings (SSSR count). The van der Waals surface area contributed by atoms with Crippen LogP contribution in [0.5, 0.6) is 0 Å². The van der Waals surface area contributed by atoms with Crippen molar-refractivity contribution in [3.05, 3.63) is 87.3 Å². The molecule has 0 saturated heterocycles. The molecule has 0 spiro atoms. The van der Waals surface area contributed by atoms with E-state index in [1.165, 1.54) is 22.0 Å². The molecule has 1 aliphatic rings. The summed E-state index contributed by atoms with van der Waals surface area (Å²) in [4.78, 5) is 18.4. The highest BCUT2D eigenvalue weighted by atomic mass is 35.5. The number of hydrogen-bond acceptors (Lipinski definition) is 4. The number of benzene rings is 2. The largest absolute Gasteiger partial charge is 0.362 e. The van der Waals surface area contributed by atoms with Crippen molar-refractivity contribution in [2.24, 2.45) is 0 Å². The summed E-state index contributed by atoms with van der Waals surface area (Å²) in [6, 6.07) is 14.9. The first-order valence-electron chi connectivity index (χ1n) is 9.18. The molecule has 0 amide bonds. The zero-order valence-electron chi connectivity index (χ0n) is 15.1. The fourth-order valence-electron chi connectivity index (χ4n) is 3.92. The molecular weight excluding hydrogens is 374 g/mol. The van der Waals surface area contributed by atoms with Gasteiger partial charge in [0.25, 0.3) is 5.56 Å². The Hall–Kier alpha value is -3.12. The van der Waals surface area contributed by atoms with Crippen molar-refractivity contribution in [1.29, 1.82) is 0 Å². The minimum absolute atomic E-state index is 0.175. The molecule has 0 fully saturated rings. The van der Waals surface area contributed by atoms with Crippen LogP contribution in [-0.4, -0.2) is 26.3 Å². The number of anilines is 1. The Kier molecular flexibility index (Phi) is 4.13. The molecule has 0 aliphatic carbocycles. The summed E-state index contributed by atoms with van der Waals surface area (Å²) in [7, 11) is 0. The maximum atomic E-state index is 11.7. The fraction of sp³-hybridized carbons (Fsp3) is 0.190. The van der Waals surface area contributed by atoms with Gasteiger partial charge in [-0.05, 0) is 16.3 Å². The molecule has 0 atom stereocenters. The molecular formula is C21H18ClN5O. The molecule has 2 aromatic carbocycles. The van der Waals surface area contributed by atoms with Crippen molar-refractivity contribution in [3.63, 3.8) is 0 Å². The normalized spacial score (nSPS) is 13.7. The van der Waals surface area contributed by atoms with Gasteiger partial charge in [-0.2, -0.15) is 5.10 Å². The molecule has 7 heteroatoms. The number of nitrogens with zero attached hydrogens (tertiary/aromatic N) is 4. The number of aromatic nitrogens is 4. The summed E-state index contributed by atoms with van der Waals surface area (Å²) in [6.45, 7) is 2.17. The van der Waals surface area contributed by atoms with Crippen LogP contribution >= 0.6 is 11.6 Å². The number of rotatable bonds is 3. The molecule has 4 aromatic rings. The highest BCUT2D eigenvalue weighted by molar-refractivity contribution is 6.33. The van der Waals surface area contributed by atoms with Gasteiger partial charge in [-0.1, -0.05) is 54.1 Å². The number of imidazole rings is 1. The lowest BCUT2D eigenvalue weighted by Crippen LogP contribution is -2.32. The zero-order chi connectivity index (χ0) is 19.1. The highest BCUT2D eigenvalue weighted by Crippen LogP contribution is 2.28. The topological polar surface area (TPSA) is 66.8 Å². The Balaban J connectivity index is 1.45. The van der Waals surface area contributed by atoms with E-state index >= 15 is 0 Å². The SMILES string of the molecule is O=c1[nH]ncc(N2CCc3c(ncn3Cc3cccc4ccccc34)C2)c1Cl. The van der Waals surface area contributed by atoms with Gasteiger partial charge in [0.15, 0.2) is 0 Å². The fourth-order valence-corrected chi connectivity index (χ4v) is 4.13. The first kappa shape index (κ1) is 17.0. The molecule has 28 heavy (non-hydrogen) atoms. The summed E-state index contributed by atoms with van der Waals surface area (Å²) < 4.78 is 2.23. The Labute approximate surface area is 166 Å². The third-order valence-corrected chi connectivity index (χ3v) is 5.70. The van der Waals surface area contributed by atoms with E-state index in [1.54, 1.807) is 6.20 Å². The van der Waals surface area contributed by atoms with Gasteiger partial charge in [-0.3, -0.25) is 4.79 Å². The minimum atomic E-state index is -0.369. The maximum Gasteiger partial charge on any atom is 0.285 e. The second-order valence-corrected chi connectivity index (χ2v) is 7.35. The van der Waals surface area contributed by atoms with Crippen LogP contribution in [0.3, 0.4) is 0 Å². The Morgan fingerprint density at radius 3 is 2.93 bits per heavy atom. The van der Waals surface area contributed by atoms with Crippen LogP contribution in [0, 0.1) is 0 Å². The van der Waals surface area contributed by atoms with Crippen molar-refractivity contribution in [3.8, 4) is 0 Å². The van der Waals surface area contributed by atoms with Crippen LogP contribution in [0.15, 0.2) is 59.8 Å². The van der Waals surface area contributed by atoms with Gasteiger partial charge in [0.1, 0.15) is 5.02 Å². The van der Waals surface area contributed by atoms with E-state index in [9.17, 15) is 4.79 Å². The summed E-state index contributed by atoms with van der Waals surface area (Å²) in [5, 5.41) is 8.93. The van der Waals surface area contributed by atoms with Crippen LogP contribution < -0.4 is 10.5 Å². The summed E-state index contributed by atoms with van der Waals surface area (Å²) in [5.41, 5.74) is 3.81. The van der Waals surface area contributed by atoms with Gasteiger partial charge in [0.2, 0.25) is 0 Å². The molecule has 140 valence electrons. The molecule has 0 radical (unpaired) electrons. The molecule has 0 saturated carbocycles. The lowest BCUT2D eigenvalue weighted by Gasteiger charge is -2.29. The predicted octanol–water partition coefficient (Wildman–Crippen LogP) is 3.38. The van der Waals surface area contributed by atoms with E-state index in [1.807, 2.05) is 6.33 Å². The number of hydrogen-bond donors (Lipinski definition) is 1. The van der Waals surface area contributed by atoms with Gasteiger partial charge < -0.3 is 9.47 Å². The number of nitrogens with one attached hydrogen (secondary N) is 1. The van der Waals surface area contributed by atoms with Gasteiger partial charge >= 0.3 is 0 Å². The zero-order valence-corrected chi connectivity index (χ0v) is 15.9. The first-order valence-corrected chi connectivity index (χ1v) is 9.56. The quantitative estimate of drug-likeness (QED) is 0.581. The summed E-state index contributed by atoms with van der Waals surface area (Å²) >= 11 is 6.17. The van der Waals surface area contributed by atoms with Crippen molar-refractivity contribution < 1.29 is 0 Å². The Morgan fingerprint density at radius 2 is 2.00 bits per heavy atom. The van der Waals surface area contributed by atoms with Gasteiger partial charge in [0.05, 0.1) is 30.5 Å². The average Bonchev–Trinajstić information content (AvgIpc) is 3.12. The number of aromatic amines is 1. The van der Waals surface area contributed by atoms with E-state index in [4.69, 9.17) is 11.6 Å². The highest BCUT2D eigenvalue weighted by Gasteiger charge is 2.23. The van der Waals surface area contributed by atoms with Crippen molar-refractivity contribution >= 4 is 28.1 Å². The lowest BCUT2D eigenvalue weighted by molar-refractivity contribution is 0.661. The Bertz CT molecular complexity index is 1220. The molecule has 2 aromatic heterocycles. The Morgan fingerprint density at radius 1 is 1.14 bits per heavy atom. The summed E-state index contributed by atoms with van der Waals surface area (Å²) in [6.07, 6.45) is 4.35. The molecule has 1 N–H and O–H groups in total. The van der Waals surface area contributed by atoms with E-state index in [2.05, 4.69) is 67.1 Å². The van der Waals surface area contributed by atoms with Gasteiger partial charge in [-0.25, -0.2) is 10.1 Å². The maximum absolute atomic E-state index is 11.7. The van der Waals surface area contributed by atoms with Crippen LogP contribution in [0.2, 0.25) is 5.02 Å². The van der Waals surface area contributed by atoms with Crippen LogP contribution in [0.25, 0.3) is 10.8 Å². The van der Waals surface area contributed by atoms with Crippen molar-refractivity contribution in [2.75, 3.05) is 11.4 Å². The molecule has 6 nitrogen and oxygen atoms in total. The third-order valence-electron chi connectivity index (χ3n) is 5.33. The monoisotopic (exact) mass is 391 g/mol. The van der Waals surface area contributed by atoms with Crippen LogP contribution in [0.4, 0.5) is 5.69 Å². The standard InChI is InChI=1S/C21H18ClN5O/c22-20-19(10-24-25-21(20)28)26-9-8-18-17(12-26)23-13-27(18)11-15-6-3-5-14-4-1-2-7-16(14)15/h1-7,10,13H,8-9,11-12H2,(H,25,28). The van der Waals surface area contributed by atoms with Crippen molar-refractivity contribution in [1.82, 2.24) is 19.7 Å². The summed E-state index contributed by atoms with van der Waals surface area (Å²) in [5.74, 6) is 0. The smallest absolute Gasteiger partial charge is 0.285 e. The number of fused-ring (bicyclic) bond motifs is 2. The van der Waals surface area contributed by atoms with E-state index in [0.717, 1.165) is 25.2 Å². The molecule has 0 bridgehead atoms. The first-order chi connectivity index (χ1) is 13.7. The van der Waals surface area contributed by atoms with Crippen LogP contribution in [0.1, 0.15) is 17.0 Å². The third kappa shape index (κ3) is 2.86. The molecule has 1 aliphatic heterocycles.